The minimum atomic E-state index is 0.248. The lowest BCUT2D eigenvalue weighted by molar-refractivity contribution is 0.236. The minimum absolute atomic E-state index is 0.248. The lowest BCUT2D eigenvalue weighted by Crippen LogP contribution is -1.85. The highest BCUT2D eigenvalue weighted by Gasteiger charge is 2.36. The first-order chi connectivity index (χ1) is 3.34. The zero-order valence-electron chi connectivity index (χ0n) is 3.93. The summed E-state index contributed by atoms with van der Waals surface area (Å²) in [4.78, 5) is 0. The number of alkyl halides is 1. The quantitative estimate of drug-likeness (QED) is 0.395. The van der Waals surface area contributed by atoms with Gasteiger partial charge in [0.1, 0.15) is 6.10 Å². The van der Waals surface area contributed by atoms with Gasteiger partial charge in [0, 0.05) is 6.42 Å². The van der Waals surface area contributed by atoms with E-state index in [1.54, 1.807) is 0 Å². The number of halogens is 1. The van der Waals surface area contributed by atoms with Crippen LogP contribution in [0.25, 0.3) is 0 Å². The standard InChI is InChI=1S/C5H7ClO/c1-2-7-5-3-4(5)6/h2,4-5H,1,3H2. The fourth-order valence-electron chi connectivity index (χ4n) is 0.408. The summed E-state index contributed by atoms with van der Waals surface area (Å²) in [7, 11) is 0. The molecule has 0 aromatic heterocycles. The van der Waals surface area contributed by atoms with Crippen LogP contribution in [-0.2, 0) is 4.74 Å². The van der Waals surface area contributed by atoms with Crippen molar-refractivity contribution in [3.63, 3.8) is 0 Å². The van der Waals surface area contributed by atoms with Crippen molar-refractivity contribution in [3.05, 3.63) is 12.8 Å². The van der Waals surface area contributed by atoms with E-state index < -0.39 is 0 Å². The van der Waals surface area contributed by atoms with Gasteiger partial charge in [0.05, 0.1) is 11.6 Å². The van der Waals surface area contributed by atoms with E-state index in [2.05, 4.69) is 6.58 Å². The molecule has 1 fully saturated rings. The Morgan fingerprint density at radius 2 is 2.43 bits per heavy atom. The smallest absolute Gasteiger partial charge is 0.116 e. The molecule has 0 spiro atoms. The molecule has 2 heteroatoms. The summed E-state index contributed by atoms with van der Waals surface area (Å²) in [5, 5.41) is 0.248. The molecule has 0 aromatic carbocycles. The lowest BCUT2D eigenvalue weighted by Gasteiger charge is -1.90. The van der Waals surface area contributed by atoms with Crippen molar-refractivity contribution in [1.29, 1.82) is 0 Å². The normalized spacial score (nSPS) is 37.3. The molecule has 1 aliphatic rings. The van der Waals surface area contributed by atoms with Crippen LogP contribution in [0.3, 0.4) is 0 Å². The van der Waals surface area contributed by atoms with Crippen LogP contribution in [0, 0.1) is 0 Å². The molecule has 0 bridgehead atoms. The van der Waals surface area contributed by atoms with Crippen LogP contribution in [0.5, 0.6) is 0 Å². The Balaban J connectivity index is 2.08. The second kappa shape index (κ2) is 1.74. The predicted molar refractivity (Wildman–Crippen MR) is 29.3 cm³/mol. The largest absolute Gasteiger partial charge is 0.497 e. The molecule has 1 nitrogen and oxygen atoms in total. The molecule has 2 atom stereocenters. The maximum Gasteiger partial charge on any atom is 0.116 e. The van der Waals surface area contributed by atoms with Crippen LogP contribution in [0.15, 0.2) is 12.8 Å². The van der Waals surface area contributed by atoms with E-state index in [0.29, 0.717) is 0 Å². The molecule has 0 aromatic rings. The van der Waals surface area contributed by atoms with E-state index in [9.17, 15) is 0 Å². The van der Waals surface area contributed by atoms with Crippen LogP contribution >= 0.6 is 11.6 Å². The van der Waals surface area contributed by atoms with Gasteiger partial charge in [-0.3, -0.25) is 0 Å². The van der Waals surface area contributed by atoms with Crippen molar-refractivity contribution in [3.8, 4) is 0 Å². The summed E-state index contributed by atoms with van der Waals surface area (Å²) in [5.41, 5.74) is 0. The van der Waals surface area contributed by atoms with Crippen molar-refractivity contribution in [2.75, 3.05) is 0 Å². The molecule has 0 saturated heterocycles. The highest BCUT2D eigenvalue weighted by molar-refractivity contribution is 6.23. The van der Waals surface area contributed by atoms with Crippen LogP contribution < -0.4 is 0 Å². The van der Waals surface area contributed by atoms with Crippen LogP contribution in [0.2, 0.25) is 0 Å². The zero-order chi connectivity index (χ0) is 5.28. The van der Waals surface area contributed by atoms with Gasteiger partial charge in [0.2, 0.25) is 0 Å². The van der Waals surface area contributed by atoms with E-state index in [-0.39, 0.29) is 11.5 Å². The van der Waals surface area contributed by atoms with E-state index in [0.717, 1.165) is 6.42 Å². The molecule has 1 aliphatic carbocycles. The molecule has 1 rings (SSSR count). The summed E-state index contributed by atoms with van der Waals surface area (Å²) >= 11 is 5.56. The van der Waals surface area contributed by atoms with Crippen LogP contribution in [0.4, 0.5) is 0 Å². The highest BCUT2D eigenvalue weighted by Crippen LogP contribution is 2.30. The molecular weight excluding hydrogens is 112 g/mol. The first kappa shape index (κ1) is 4.98. The maximum atomic E-state index is 5.56. The molecule has 0 radical (unpaired) electrons. The summed E-state index contributed by atoms with van der Waals surface area (Å²) < 4.78 is 4.90. The molecule has 0 N–H and O–H groups in total. The first-order valence-electron chi connectivity index (χ1n) is 2.25. The number of ether oxygens (including phenoxy) is 1. The molecule has 40 valence electrons. The molecule has 1 saturated carbocycles. The highest BCUT2D eigenvalue weighted by atomic mass is 35.5. The third kappa shape index (κ3) is 1.10. The Kier molecular flexibility index (Phi) is 1.24. The van der Waals surface area contributed by atoms with Crippen LogP contribution in [-0.4, -0.2) is 11.5 Å². The Morgan fingerprint density at radius 1 is 1.86 bits per heavy atom. The van der Waals surface area contributed by atoms with Gasteiger partial charge in [-0.25, -0.2) is 0 Å². The maximum absolute atomic E-state index is 5.56. The average Bonchev–Trinajstić information content (AvgIpc) is 2.22. The van der Waals surface area contributed by atoms with E-state index in [1.165, 1.54) is 6.26 Å². The van der Waals surface area contributed by atoms with Gasteiger partial charge in [-0.1, -0.05) is 6.58 Å². The van der Waals surface area contributed by atoms with Gasteiger partial charge < -0.3 is 4.74 Å². The summed E-state index contributed by atoms with van der Waals surface area (Å²) in [6.45, 7) is 3.39. The van der Waals surface area contributed by atoms with Crippen molar-refractivity contribution in [1.82, 2.24) is 0 Å². The second-order valence-corrected chi connectivity index (χ2v) is 2.15. The fourth-order valence-corrected chi connectivity index (χ4v) is 0.643. The summed E-state index contributed by atoms with van der Waals surface area (Å²) in [6, 6.07) is 0. The van der Waals surface area contributed by atoms with Gasteiger partial charge in [-0.05, 0) is 0 Å². The Labute approximate surface area is 47.9 Å². The summed E-state index contributed by atoms with van der Waals surface area (Å²) in [5.74, 6) is 0. The summed E-state index contributed by atoms with van der Waals surface area (Å²) in [6.07, 6.45) is 2.68. The monoisotopic (exact) mass is 118 g/mol. The number of hydrogen-bond donors (Lipinski definition) is 0. The molecule has 2 unspecified atom stereocenters. The molecule has 0 heterocycles. The number of hydrogen-bond acceptors (Lipinski definition) is 1. The van der Waals surface area contributed by atoms with Gasteiger partial charge >= 0.3 is 0 Å². The molecule has 0 aliphatic heterocycles. The SMILES string of the molecule is C=COC1CC1Cl. The Morgan fingerprint density at radius 3 is 2.57 bits per heavy atom. The third-order valence-electron chi connectivity index (χ3n) is 0.929. The topological polar surface area (TPSA) is 9.23 Å². The third-order valence-corrected chi connectivity index (χ3v) is 1.39. The average molecular weight is 119 g/mol. The molecule has 7 heavy (non-hydrogen) atoms. The fraction of sp³-hybridized carbons (Fsp3) is 0.600. The predicted octanol–water partition coefficient (Wildman–Crippen LogP) is 1.53. The first-order valence-corrected chi connectivity index (χ1v) is 2.68. The van der Waals surface area contributed by atoms with E-state index in [1.807, 2.05) is 0 Å². The van der Waals surface area contributed by atoms with Crippen LogP contribution in [0.1, 0.15) is 6.42 Å². The molecular formula is C5H7ClO. The van der Waals surface area contributed by atoms with Crippen molar-refractivity contribution in [2.24, 2.45) is 0 Å². The molecule has 0 amide bonds. The van der Waals surface area contributed by atoms with Crippen molar-refractivity contribution < 1.29 is 4.74 Å². The van der Waals surface area contributed by atoms with Gasteiger partial charge in [-0.15, -0.1) is 11.6 Å². The second-order valence-electron chi connectivity index (χ2n) is 1.59. The van der Waals surface area contributed by atoms with E-state index in [4.69, 9.17) is 16.3 Å². The number of rotatable bonds is 2. The van der Waals surface area contributed by atoms with Gasteiger partial charge in [0.15, 0.2) is 0 Å². The van der Waals surface area contributed by atoms with E-state index >= 15 is 0 Å². The Bertz CT molecular complexity index is 82.1. The van der Waals surface area contributed by atoms with Gasteiger partial charge in [0.25, 0.3) is 0 Å². The van der Waals surface area contributed by atoms with Gasteiger partial charge in [-0.2, -0.15) is 0 Å². The minimum Gasteiger partial charge on any atom is -0.497 e. The zero-order valence-corrected chi connectivity index (χ0v) is 4.69. The van der Waals surface area contributed by atoms with Crippen molar-refractivity contribution >= 4 is 11.6 Å². The lowest BCUT2D eigenvalue weighted by atomic mass is 10.8. The Hall–Kier alpha value is -0.170. The van der Waals surface area contributed by atoms with Crippen molar-refractivity contribution in [2.45, 2.75) is 17.9 Å².